The molecule has 8 nitrogen and oxygen atoms in total. The van der Waals surface area contributed by atoms with Crippen LogP contribution in [-0.2, 0) is 9.53 Å². The molecule has 5 atom stereocenters. The van der Waals surface area contributed by atoms with Crippen molar-refractivity contribution in [3.8, 4) is 5.95 Å². The molecule has 1 aliphatic rings. The lowest BCUT2D eigenvalue weighted by atomic mass is 9.99. The monoisotopic (exact) mass is 260 g/mol. The zero-order valence-electron chi connectivity index (χ0n) is 9.04. The SMILES string of the molecule is O=C(Oc1ccco1)[C@H]1O[C@@H](O)[C@H](O)[C@@H](O)[C@@H]1O. The lowest BCUT2D eigenvalue weighted by Gasteiger charge is -2.36. The van der Waals surface area contributed by atoms with E-state index in [1.54, 1.807) is 0 Å². The molecule has 2 rings (SSSR count). The largest absolute Gasteiger partial charge is 0.434 e. The van der Waals surface area contributed by atoms with Gasteiger partial charge in [-0.15, -0.1) is 0 Å². The molecule has 0 bridgehead atoms. The predicted octanol–water partition coefficient (Wildman–Crippen LogP) is -2.02. The first-order valence-electron chi connectivity index (χ1n) is 5.13. The van der Waals surface area contributed by atoms with E-state index in [-0.39, 0.29) is 5.95 Å². The van der Waals surface area contributed by atoms with Crippen LogP contribution in [0.4, 0.5) is 0 Å². The van der Waals surface area contributed by atoms with Crippen LogP contribution in [0.3, 0.4) is 0 Å². The van der Waals surface area contributed by atoms with Crippen molar-refractivity contribution in [3.05, 3.63) is 18.4 Å². The number of esters is 1. The molecular weight excluding hydrogens is 248 g/mol. The van der Waals surface area contributed by atoms with Crippen LogP contribution in [0.1, 0.15) is 0 Å². The van der Waals surface area contributed by atoms with Gasteiger partial charge in [-0.25, -0.2) is 4.79 Å². The average Bonchev–Trinajstić information content (AvgIpc) is 2.83. The van der Waals surface area contributed by atoms with Crippen molar-refractivity contribution in [1.29, 1.82) is 0 Å². The fraction of sp³-hybridized carbons (Fsp3) is 0.500. The van der Waals surface area contributed by atoms with E-state index in [4.69, 9.17) is 9.15 Å². The zero-order chi connectivity index (χ0) is 13.3. The van der Waals surface area contributed by atoms with Gasteiger partial charge in [-0.05, 0) is 6.07 Å². The van der Waals surface area contributed by atoms with E-state index in [2.05, 4.69) is 4.74 Å². The quantitative estimate of drug-likeness (QED) is 0.449. The molecule has 0 unspecified atom stereocenters. The molecule has 0 aliphatic carbocycles. The Morgan fingerprint density at radius 2 is 1.89 bits per heavy atom. The van der Waals surface area contributed by atoms with Gasteiger partial charge in [-0.3, -0.25) is 0 Å². The lowest BCUT2D eigenvalue weighted by Crippen LogP contribution is -2.60. The van der Waals surface area contributed by atoms with E-state index >= 15 is 0 Å². The number of furan rings is 1. The summed E-state index contributed by atoms with van der Waals surface area (Å²) >= 11 is 0. The highest BCUT2D eigenvalue weighted by Crippen LogP contribution is 2.22. The Balaban J connectivity index is 2.05. The summed E-state index contributed by atoms with van der Waals surface area (Å²) in [6, 6.07) is 2.84. The van der Waals surface area contributed by atoms with Crippen LogP contribution >= 0.6 is 0 Å². The van der Waals surface area contributed by atoms with Crippen LogP contribution in [0.15, 0.2) is 22.8 Å². The van der Waals surface area contributed by atoms with Crippen molar-refractivity contribution in [2.45, 2.75) is 30.7 Å². The highest BCUT2D eigenvalue weighted by atomic mass is 16.7. The molecule has 4 N–H and O–H groups in total. The summed E-state index contributed by atoms with van der Waals surface area (Å²) in [5.74, 6) is -1.17. The van der Waals surface area contributed by atoms with Crippen molar-refractivity contribution in [2.24, 2.45) is 0 Å². The molecule has 0 saturated carbocycles. The number of carbonyl (C=O) groups is 1. The summed E-state index contributed by atoms with van der Waals surface area (Å²) < 4.78 is 14.1. The molecule has 18 heavy (non-hydrogen) atoms. The van der Waals surface area contributed by atoms with Crippen LogP contribution in [-0.4, -0.2) is 57.1 Å². The van der Waals surface area contributed by atoms with Gasteiger partial charge >= 0.3 is 5.97 Å². The van der Waals surface area contributed by atoms with Gasteiger partial charge in [-0.1, -0.05) is 0 Å². The molecule has 1 aromatic heterocycles. The second-order valence-electron chi connectivity index (χ2n) is 3.77. The second kappa shape index (κ2) is 5.04. The van der Waals surface area contributed by atoms with E-state index in [9.17, 15) is 25.2 Å². The topological polar surface area (TPSA) is 130 Å². The number of hydrogen-bond acceptors (Lipinski definition) is 8. The maximum atomic E-state index is 11.6. The third-order valence-electron chi connectivity index (χ3n) is 2.52. The van der Waals surface area contributed by atoms with Crippen LogP contribution in [0.5, 0.6) is 5.95 Å². The van der Waals surface area contributed by atoms with Crippen molar-refractivity contribution < 1.29 is 39.1 Å². The first kappa shape index (κ1) is 13.0. The van der Waals surface area contributed by atoms with E-state index < -0.39 is 36.7 Å². The Morgan fingerprint density at radius 3 is 2.50 bits per heavy atom. The minimum Gasteiger partial charge on any atom is -0.434 e. The first-order chi connectivity index (χ1) is 8.50. The number of aliphatic hydroxyl groups is 4. The fourth-order valence-corrected chi connectivity index (χ4v) is 1.53. The number of ether oxygens (including phenoxy) is 2. The van der Waals surface area contributed by atoms with E-state index in [0.717, 1.165) is 0 Å². The Bertz CT molecular complexity index is 402. The average molecular weight is 260 g/mol. The number of hydrogen-bond donors (Lipinski definition) is 4. The highest BCUT2D eigenvalue weighted by Gasteiger charge is 2.47. The summed E-state index contributed by atoms with van der Waals surface area (Å²) in [6.07, 6.45) is -7.28. The molecule has 1 saturated heterocycles. The van der Waals surface area contributed by atoms with Gasteiger partial charge in [0, 0.05) is 6.07 Å². The molecule has 1 aromatic rings. The molecule has 2 heterocycles. The second-order valence-corrected chi connectivity index (χ2v) is 3.77. The Labute approximate surface area is 101 Å². The molecule has 1 fully saturated rings. The van der Waals surface area contributed by atoms with Crippen molar-refractivity contribution in [3.63, 3.8) is 0 Å². The number of rotatable bonds is 2. The number of carbonyl (C=O) groups excluding carboxylic acids is 1. The molecule has 1 aliphatic heterocycles. The van der Waals surface area contributed by atoms with Crippen LogP contribution < -0.4 is 4.74 Å². The Kier molecular flexibility index (Phi) is 3.64. The van der Waals surface area contributed by atoms with Gasteiger partial charge in [0.05, 0.1) is 6.26 Å². The minimum atomic E-state index is -1.79. The molecule has 100 valence electrons. The van der Waals surface area contributed by atoms with Crippen molar-refractivity contribution in [1.82, 2.24) is 0 Å². The number of aliphatic hydroxyl groups excluding tert-OH is 4. The third kappa shape index (κ3) is 2.37. The molecule has 0 spiro atoms. The molecular formula is C10H12O8. The summed E-state index contributed by atoms with van der Waals surface area (Å²) in [6.45, 7) is 0. The van der Waals surface area contributed by atoms with Gasteiger partial charge < -0.3 is 34.3 Å². The summed E-state index contributed by atoms with van der Waals surface area (Å²) in [7, 11) is 0. The summed E-state index contributed by atoms with van der Waals surface area (Å²) in [4.78, 5) is 11.6. The predicted molar refractivity (Wildman–Crippen MR) is 53.2 cm³/mol. The summed E-state index contributed by atoms with van der Waals surface area (Å²) in [5, 5.41) is 37.4. The molecule has 0 amide bonds. The first-order valence-corrected chi connectivity index (χ1v) is 5.13. The van der Waals surface area contributed by atoms with Gasteiger partial charge in [0.1, 0.15) is 18.3 Å². The molecule has 8 heteroatoms. The molecule has 0 radical (unpaired) electrons. The van der Waals surface area contributed by atoms with E-state index in [1.807, 2.05) is 0 Å². The van der Waals surface area contributed by atoms with Crippen LogP contribution in [0.25, 0.3) is 0 Å². The fourth-order valence-electron chi connectivity index (χ4n) is 1.53. The van der Waals surface area contributed by atoms with Crippen molar-refractivity contribution in [2.75, 3.05) is 0 Å². The molecule has 0 aromatic carbocycles. The van der Waals surface area contributed by atoms with Crippen LogP contribution in [0, 0.1) is 0 Å². The highest BCUT2D eigenvalue weighted by molar-refractivity contribution is 5.77. The smallest absolute Gasteiger partial charge is 0.346 e. The standard InChI is InChI=1S/C10H12O8/c11-5-6(12)8(18-9(14)7(5)13)10(15)17-4-2-1-3-16-4/h1-3,5-9,11-14H/t5-,6-,7+,8-,9+/m0/s1. The van der Waals surface area contributed by atoms with Gasteiger partial charge in [0.15, 0.2) is 12.4 Å². The van der Waals surface area contributed by atoms with Gasteiger partial charge in [-0.2, -0.15) is 0 Å². The Hall–Kier alpha value is -1.45. The third-order valence-corrected chi connectivity index (χ3v) is 2.52. The maximum absolute atomic E-state index is 11.6. The van der Waals surface area contributed by atoms with E-state index in [1.165, 1.54) is 18.4 Å². The van der Waals surface area contributed by atoms with E-state index in [0.29, 0.717) is 0 Å². The summed E-state index contributed by atoms with van der Waals surface area (Å²) in [5.41, 5.74) is 0. The van der Waals surface area contributed by atoms with Crippen LogP contribution in [0.2, 0.25) is 0 Å². The normalized spacial score (nSPS) is 36.3. The lowest BCUT2D eigenvalue weighted by molar-refractivity contribution is -0.279. The van der Waals surface area contributed by atoms with Gasteiger partial charge in [0.2, 0.25) is 0 Å². The maximum Gasteiger partial charge on any atom is 0.346 e. The van der Waals surface area contributed by atoms with Crippen molar-refractivity contribution >= 4 is 5.97 Å². The Morgan fingerprint density at radius 1 is 1.17 bits per heavy atom. The van der Waals surface area contributed by atoms with Gasteiger partial charge in [0.25, 0.3) is 5.95 Å². The minimum absolute atomic E-state index is 0.120. The zero-order valence-corrected chi connectivity index (χ0v) is 9.04.